The lowest BCUT2D eigenvalue weighted by Gasteiger charge is -2.08. The molecule has 0 spiro atoms. The van der Waals surface area contributed by atoms with E-state index in [0.717, 1.165) is 5.56 Å². The number of hydrogen-bond donors (Lipinski definition) is 1. The lowest BCUT2D eigenvalue weighted by Crippen LogP contribution is -2.18. The molecule has 16 heavy (non-hydrogen) atoms. The standard InChI is InChI=1S/C13H11NO2/c15-13-14-12(8-16-13)11-6-5-9-3-1-2-4-10(9)7-11/h1-7,12H,8H2,(H,14,15)/t12-/m0/s1. The Morgan fingerprint density at radius 3 is 2.69 bits per heavy atom. The van der Waals surface area contributed by atoms with E-state index in [0.29, 0.717) is 6.61 Å². The molecule has 1 aliphatic heterocycles. The maximum atomic E-state index is 11.0. The molecular formula is C13H11NO2. The minimum atomic E-state index is -0.335. The minimum absolute atomic E-state index is 0.0166. The van der Waals surface area contributed by atoms with Crippen LogP contribution in [0.5, 0.6) is 0 Å². The number of ether oxygens (including phenoxy) is 1. The molecule has 0 aliphatic carbocycles. The fourth-order valence-corrected chi connectivity index (χ4v) is 1.99. The first-order valence-electron chi connectivity index (χ1n) is 5.25. The summed E-state index contributed by atoms with van der Waals surface area (Å²) in [6.07, 6.45) is -0.335. The normalized spacial score (nSPS) is 19.5. The van der Waals surface area contributed by atoms with Crippen LogP contribution in [-0.4, -0.2) is 12.7 Å². The molecule has 3 nitrogen and oxygen atoms in total. The van der Waals surface area contributed by atoms with Gasteiger partial charge >= 0.3 is 6.09 Å². The Morgan fingerprint density at radius 1 is 1.12 bits per heavy atom. The van der Waals surface area contributed by atoms with E-state index in [1.54, 1.807) is 0 Å². The van der Waals surface area contributed by atoms with Crippen molar-refractivity contribution in [1.82, 2.24) is 5.32 Å². The molecule has 1 amide bonds. The molecule has 0 saturated carbocycles. The number of amides is 1. The summed E-state index contributed by atoms with van der Waals surface area (Å²) in [4.78, 5) is 11.0. The highest BCUT2D eigenvalue weighted by Gasteiger charge is 2.23. The summed E-state index contributed by atoms with van der Waals surface area (Å²) in [6.45, 7) is 0.414. The number of cyclic esters (lactones) is 1. The van der Waals surface area contributed by atoms with E-state index in [9.17, 15) is 4.79 Å². The zero-order valence-electron chi connectivity index (χ0n) is 8.64. The predicted molar refractivity (Wildman–Crippen MR) is 61.2 cm³/mol. The quantitative estimate of drug-likeness (QED) is 0.790. The molecule has 1 aliphatic rings. The first-order chi connectivity index (χ1) is 7.83. The fraction of sp³-hybridized carbons (Fsp3) is 0.154. The number of carbonyl (C=O) groups is 1. The molecule has 3 heteroatoms. The summed E-state index contributed by atoms with van der Waals surface area (Å²) in [5.74, 6) is 0. The fourth-order valence-electron chi connectivity index (χ4n) is 1.99. The highest BCUT2D eigenvalue weighted by atomic mass is 16.6. The molecule has 80 valence electrons. The van der Waals surface area contributed by atoms with Gasteiger partial charge in [0.25, 0.3) is 0 Å². The molecule has 2 aromatic carbocycles. The van der Waals surface area contributed by atoms with Crippen LogP contribution in [-0.2, 0) is 4.74 Å². The Labute approximate surface area is 93.0 Å². The SMILES string of the molecule is O=C1N[C@H](c2ccc3ccccc3c2)CO1. The molecule has 3 rings (SSSR count). The van der Waals surface area contributed by atoms with Crippen LogP contribution < -0.4 is 5.32 Å². The highest BCUT2D eigenvalue weighted by molar-refractivity contribution is 5.83. The van der Waals surface area contributed by atoms with Crippen LogP contribution in [0.1, 0.15) is 11.6 Å². The van der Waals surface area contributed by atoms with E-state index in [-0.39, 0.29) is 12.1 Å². The van der Waals surface area contributed by atoms with Gasteiger partial charge in [-0.1, -0.05) is 36.4 Å². The second-order valence-corrected chi connectivity index (χ2v) is 3.90. The van der Waals surface area contributed by atoms with Crippen LogP contribution in [0.15, 0.2) is 42.5 Å². The number of hydrogen-bond acceptors (Lipinski definition) is 2. The van der Waals surface area contributed by atoms with Gasteiger partial charge in [-0.05, 0) is 22.4 Å². The maximum Gasteiger partial charge on any atom is 0.407 e. The number of fused-ring (bicyclic) bond motifs is 1. The van der Waals surface area contributed by atoms with Gasteiger partial charge in [0.1, 0.15) is 6.61 Å². The van der Waals surface area contributed by atoms with E-state index >= 15 is 0 Å². The molecule has 1 heterocycles. The van der Waals surface area contributed by atoms with Crippen LogP contribution in [0.2, 0.25) is 0 Å². The predicted octanol–water partition coefficient (Wildman–Crippen LogP) is 2.62. The average molecular weight is 213 g/mol. The maximum absolute atomic E-state index is 11.0. The van der Waals surface area contributed by atoms with Gasteiger partial charge in [-0.3, -0.25) is 0 Å². The van der Waals surface area contributed by atoms with Crippen molar-refractivity contribution < 1.29 is 9.53 Å². The Morgan fingerprint density at radius 2 is 1.94 bits per heavy atom. The molecule has 2 aromatic rings. The average Bonchev–Trinajstić information content (AvgIpc) is 2.75. The van der Waals surface area contributed by atoms with Crippen molar-refractivity contribution in [2.75, 3.05) is 6.61 Å². The van der Waals surface area contributed by atoms with E-state index in [4.69, 9.17) is 4.74 Å². The van der Waals surface area contributed by atoms with Crippen molar-refractivity contribution in [3.8, 4) is 0 Å². The third kappa shape index (κ3) is 1.50. The number of nitrogens with one attached hydrogen (secondary N) is 1. The lowest BCUT2D eigenvalue weighted by atomic mass is 10.0. The van der Waals surface area contributed by atoms with Crippen molar-refractivity contribution in [2.24, 2.45) is 0 Å². The van der Waals surface area contributed by atoms with Gasteiger partial charge in [0.05, 0.1) is 6.04 Å². The Balaban J connectivity index is 2.02. The van der Waals surface area contributed by atoms with Gasteiger partial charge in [-0.15, -0.1) is 0 Å². The largest absolute Gasteiger partial charge is 0.447 e. The summed E-state index contributed by atoms with van der Waals surface area (Å²) in [7, 11) is 0. The summed E-state index contributed by atoms with van der Waals surface area (Å²) in [5, 5.41) is 5.16. The summed E-state index contributed by atoms with van der Waals surface area (Å²) < 4.78 is 4.88. The Hall–Kier alpha value is -2.03. The smallest absolute Gasteiger partial charge is 0.407 e. The third-order valence-corrected chi connectivity index (χ3v) is 2.85. The zero-order chi connectivity index (χ0) is 11.0. The number of carbonyl (C=O) groups excluding carboxylic acids is 1. The number of benzene rings is 2. The van der Waals surface area contributed by atoms with Crippen molar-refractivity contribution in [3.63, 3.8) is 0 Å². The van der Waals surface area contributed by atoms with Gasteiger partial charge in [0.15, 0.2) is 0 Å². The monoisotopic (exact) mass is 213 g/mol. The lowest BCUT2D eigenvalue weighted by molar-refractivity contribution is 0.177. The molecule has 0 unspecified atom stereocenters. The van der Waals surface area contributed by atoms with Gasteiger partial charge in [-0.25, -0.2) is 4.79 Å². The summed E-state index contributed by atoms with van der Waals surface area (Å²) in [5.41, 5.74) is 1.09. The zero-order valence-corrected chi connectivity index (χ0v) is 8.64. The molecule has 1 atom stereocenters. The van der Waals surface area contributed by atoms with Crippen LogP contribution >= 0.6 is 0 Å². The molecular weight excluding hydrogens is 202 g/mol. The van der Waals surface area contributed by atoms with Crippen molar-refractivity contribution in [3.05, 3.63) is 48.0 Å². The van der Waals surface area contributed by atoms with Crippen LogP contribution in [0.3, 0.4) is 0 Å². The van der Waals surface area contributed by atoms with Gasteiger partial charge in [-0.2, -0.15) is 0 Å². The molecule has 1 fully saturated rings. The van der Waals surface area contributed by atoms with E-state index in [1.165, 1.54) is 10.8 Å². The van der Waals surface area contributed by atoms with Gasteiger partial charge < -0.3 is 10.1 Å². The number of rotatable bonds is 1. The van der Waals surface area contributed by atoms with E-state index in [1.807, 2.05) is 18.2 Å². The van der Waals surface area contributed by atoms with Crippen LogP contribution in [0.4, 0.5) is 4.79 Å². The molecule has 0 bridgehead atoms. The first kappa shape index (κ1) is 9.21. The third-order valence-electron chi connectivity index (χ3n) is 2.85. The summed E-state index contributed by atoms with van der Waals surface area (Å²) in [6, 6.07) is 14.3. The minimum Gasteiger partial charge on any atom is -0.447 e. The first-order valence-corrected chi connectivity index (χ1v) is 5.25. The molecule has 1 N–H and O–H groups in total. The second-order valence-electron chi connectivity index (χ2n) is 3.90. The number of alkyl carbamates (subject to hydrolysis) is 1. The van der Waals surface area contributed by atoms with Crippen LogP contribution in [0, 0.1) is 0 Å². The summed E-state index contributed by atoms with van der Waals surface area (Å²) >= 11 is 0. The van der Waals surface area contributed by atoms with E-state index in [2.05, 4.69) is 29.6 Å². The molecule has 1 saturated heterocycles. The Kier molecular flexibility index (Phi) is 2.03. The van der Waals surface area contributed by atoms with E-state index < -0.39 is 0 Å². The second kappa shape index (κ2) is 3.52. The van der Waals surface area contributed by atoms with Crippen molar-refractivity contribution in [2.45, 2.75) is 6.04 Å². The topological polar surface area (TPSA) is 38.3 Å². The molecule has 0 aromatic heterocycles. The van der Waals surface area contributed by atoms with Crippen molar-refractivity contribution in [1.29, 1.82) is 0 Å². The molecule has 0 radical (unpaired) electrons. The van der Waals surface area contributed by atoms with Gasteiger partial charge in [0.2, 0.25) is 0 Å². The van der Waals surface area contributed by atoms with Gasteiger partial charge in [0, 0.05) is 0 Å². The van der Waals surface area contributed by atoms with Crippen LogP contribution in [0.25, 0.3) is 10.8 Å². The van der Waals surface area contributed by atoms with Crippen molar-refractivity contribution >= 4 is 16.9 Å². The Bertz CT molecular complexity index is 550. The highest BCUT2D eigenvalue weighted by Crippen LogP contribution is 2.22.